The van der Waals surface area contributed by atoms with E-state index in [1.54, 1.807) is 0 Å². The lowest BCUT2D eigenvalue weighted by Gasteiger charge is -1.97. The summed E-state index contributed by atoms with van der Waals surface area (Å²) in [5.74, 6) is 0. The quantitative estimate of drug-likeness (QED) is 0.750. The molecule has 0 heterocycles. The van der Waals surface area contributed by atoms with Crippen molar-refractivity contribution in [1.82, 2.24) is 0 Å². The summed E-state index contributed by atoms with van der Waals surface area (Å²) in [6.07, 6.45) is 1.50. The van der Waals surface area contributed by atoms with Crippen LogP contribution in [0.15, 0.2) is 40.6 Å². The molecule has 1 aromatic rings. The van der Waals surface area contributed by atoms with Gasteiger partial charge in [0.15, 0.2) is 0 Å². The molecule has 0 saturated heterocycles. The van der Waals surface area contributed by atoms with E-state index in [9.17, 15) is 4.21 Å². The van der Waals surface area contributed by atoms with Gasteiger partial charge in [0.1, 0.15) is 4.84 Å². The van der Waals surface area contributed by atoms with Crippen molar-refractivity contribution in [1.29, 1.82) is 0 Å². The number of hydrogen-bond acceptors (Lipinski definition) is 1. The number of rotatable bonds is 3. The minimum absolute atomic E-state index is 0.607. The second-order valence-corrected chi connectivity index (χ2v) is 5.28. The van der Waals surface area contributed by atoms with Crippen molar-refractivity contribution in [2.24, 2.45) is 0 Å². The zero-order valence-electron chi connectivity index (χ0n) is 7.61. The first-order valence-electron chi connectivity index (χ1n) is 4.03. The lowest BCUT2D eigenvalue weighted by Crippen LogP contribution is -1.87. The standard InChI is InChI=1S/C10H10Cl2OS/c1-8-2-4-9(5-3-8)14(13)7-6-10(11)12/h2-7,10H,1H3. The molecular weight excluding hydrogens is 239 g/mol. The molecule has 1 atom stereocenters. The SMILES string of the molecule is Cc1ccc(S(=O)C=CC(Cl)Cl)cc1. The maximum atomic E-state index is 11.6. The zero-order valence-corrected chi connectivity index (χ0v) is 9.94. The molecule has 1 unspecified atom stereocenters. The highest BCUT2D eigenvalue weighted by Gasteiger charge is 1.99. The molecule has 0 N–H and O–H groups in total. The van der Waals surface area contributed by atoms with E-state index in [4.69, 9.17) is 23.2 Å². The summed E-state index contributed by atoms with van der Waals surface area (Å²) in [6.45, 7) is 1.98. The van der Waals surface area contributed by atoms with Crippen LogP contribution >= 0.6 is 23.2 Å². The summed E-state index contributed by atoms with van der Waals surface area (Å²) in [5, 5.41) is 1.50. The van der Waals surface area contributed by atoms with Gasteiger partial charge in [0.25, 0.3) is 0 Å². The van der Waals surface area contributed by atoms with Gasteiger partial charge in [0.2, 0.25) is 0 Å². The van der Waals surface area contributed by atoms with Crippen molar-refractivity contribution in [3.8, 4) is 0 Å². The van der Waals surface area contributed by atoms with Crippen LogP contribution in [-0.4, -0.2) is 9.05 Å². The van der Waals surface area contributed by atoms with Crippen molar-refractivity contribution < 1.29 is 4.21 Å². The molecule has 0 fully saturated rings. The average molecular weight is 249 g/mol. The van der Waals surface area contributed by atoms with Crippen molar-refractivity contribution in [3.05, 3.63) is 41.3 Å². The summed E-state index contributed by atoms with van der Waals surface area (Å²) in [6, 6.07) is 7.49. The van der Waals surface area contributed by atoms with Gasteiger partial charge in [0, 0.05) is 10.3 Å². The van der Waals surface area contributed by atoms with E-state index < -0.39 is 15.6 Å². The van der Waals surface area contributed by atoms with Crippen molar-refractivity contribution in [2.45, 2.75) is 16.7 Å². The topological polar surface area (TPSA) is 17.1 Å². The Balaban J connectivity index is 2.75. The first kappa shape index (κ1) is 11.8. The lowest BCUT2D eigenvalue weighted by atomic mass is 10.2. The summed E-state index contributed by atoms with van der Waals surface area (Å²) < 4.78 is 11.6. The fourth-order valence-electron chi connectivity index (χ4n) is 0.882. The maximum Gasteiger partial charge on any atom is 0.126 e. The Kier molecular flexibility index (Phi) is 4.66. The molecule has 4 heteroatoms. The van der Waals surface area contributed by atoms with Gasteiger partial charge in [-0.15, -0.1) is 23.2 Å². The third kappa shape index (κ3) is 3.82. The first-order chi connectivity index (χ1) is 6.59. The molecule has 76 valence electrons. The molecule has 0 aliphatic heterocycles. The van der Waals surface area contributed by atoms with Gasteiger partial charge >= 0.3 is 0 Å². The number of hydrogen-bond donors (Lipinski definition) is 0. The van der Waals surface area contributed by atoms with Gasteiger partial charge in [-0.1, -0.05) is 17.7 Å². The molecule has 14 heavy (non-hydrogen) atoms. The fraction of sp³-hybridized carbons (Fsp3) is 0.200. The van der Waals surface area contributed by atoms with Gasteiger partial charge in [-0.3, -0.25) is 0 Å². The molecule has 0 aromatic heterocycles. The minimum atomic E-state index is -1.16. The summed E-state index contributed by atoms with van der Waals surface area (Å²) >= 11 is 11.0. The summed E-state index contributed by atoms with van der Waals surface area (Å²) in [5.41, 5.74) is 1.14. The molecule has 0 aliphatic carbocycles. The van der Waals surface area contributed by atoms with Crippen molar-refractivity contribution in [2.75, 3.05) is 0 Å². The third-order valence-corrected chi connectivity index (χ3v) is 3.03. The Hall–Kier alpha value is -0.310. The van der Waals surface area contributed by atoms with E-state index in [0.717, 1.165) is 10.5 Å². The Bertz CT molecular complexity index is 344. The van der Waals surface area contributed by atoms with Crippen LogP contribution in [-0.2, 0) is 10.8 Å². The molecule has 0 spiro atoms. The smallest absolute Gasteiger partial charge is 0.126 e. The number of allylic oxidation sites excluding steroid dienone is 1. The fourth-order valence-corrected chi connectivity index (χ4v) is 2.06. The van der Waals surface area contributed by atoms with E-state index in [2.05, 4.69) is 0 Å². The predicted molar refractivity (Wildman–Crippen MR) is 62.2 cm³/mol. The molecule has 1 rings (SSSR count). The van der Waals surface area contributed by atoms with Crippen LogP contribution in [0.25, 0.3) is 0 Å². The number of alkyl halides is 2. The lowest BCUT2D eigenvalue weighted by molar-refractivity contribution is 0.688. The van der Waals surface area contributed by atoms with Crippen molar-refractivity contribution >= 4 is 34.0 Å². The highest BCUT2D eigenvalue weighted by atomic mass is 35.5. The van der Waals surface area contributed by atoms with Gasteiger partial charge in [-0.25, -0.2) is 4.21 Å². The maximum absolute atomic E-state index is 11.6. The highest BCUT2D eigenvalue weighted by molar-refractivity contribution is 7.88. The number of halogens is 2. The van der Waals surface area contributed by atoms with Crippen LogP contribution in [0.2, 0.25) is 0 Å². The first-order valence-corrected chi connectivity index (χ1v) is 6.12. The summed E-state index contributed by atoms with van der Waals surface area (Å²) in [7, 11) is -1.16. The molecule has 0 radical (unpaired) electrons. The second kappa shape index (κ2) is 5.54. The second-order valence-electron chi connectivity index (χ2n) is 2.77. The minimum Gasteiger partial charge on any atom is -0.250 e. The van der Waals surface area contributed by atoms with Crippen LogP contribution in [0.3, 0.4) is 0 Å². The Labute approximate surface area is 96.2 Å². The van der Waals surface area contributed by atoms with Crippen LogP contribution in [0.4, 0.5) is 0 Å². The molecule has 0 bridgehead atoms. The van der Waals surface area contributed by atoms with E-state index >= 15 is 0 Å². The molecule has 1 nitrogen and oxygen atoms in total. The average Bonchev–Trinajstić information content (AvgIpc) is 2.15. The molecular formula is C10H10Cl2OS. The van der Waals surface area contributed by atoms with E-state index in [1.165, 1.54) is 11.5 Å². The molecule has 0 amide bonds. The van der Waals surface area contributed by atoms with Gasteiger partial charge < -0.3 is 0 Å². The Morgan fingerprint density at radius 3 is 2.36 bits per heavy atom. The third-order valence-electron chi connectivity index (χ3n) is 1.60. The van der Waals surface area contributed by atoms with Gasteiger partial charge in [0.05, 0.1) is 10.8 Å². The molecule has 0 saturated carbocycles. The van der Waals surface area contributed by atoms with E-state index in [0.29, 0.717) is 0 Å². The van der Waals surface area contributed by atoms with Crippen LogP contribution in [0, 0.1) is 6.92 Å². The predicted octanol–water partition coefficient (Wildman–Crippen LogP) is 3.42. The Morgan fingerprint density at radius 2 is 1.86 bits per heavy atom. The monoisotopic (exact) mass is 248 g/mol. The van der Waals surface area contributed by atoms with Crippen LogP contribution in [0.1, 0.15) is 5.56 Å². The molecule has 0 aliphatic rings. The summed E-state index contributed by atoms with van der Waals surface area (Å²) in [4.78, 5) is 0.144. The molecule has 1 aromatic carbocycles. The normalized spacial score (nSPS) is 13.7. The Morgan fingerprint density at radius 1 is 1.29 bits per heavy atom. The highest BCUT2D eigenvalue weighted by Crippen LogP contribution is 2.11. The zero-order chi connectivity index (χ0) is 10.6. The van der Waals surface area contributed by atoms with E-state index in [1.807, 2.05) is 31.2 Å². The number of aryl methyl sites for hydroxylation is 1. The largest absolute Gasteiger partial charge is 0.250 e. The van der Waals surface area contributed by atoms with Gasteiger partial charge in [-0.2, -0.15) is 0 Å². The van der Waals surface area contributed by atoms with Gasteiger partial charge in [-0.05, 0) is 25.1 Å². The van der Waals surface area contributed by atoms with Crippen LogP contribution in [0.5, 0.6) is 0 Å². The number of benzene rings is 1. The van der Waals surface area contributed by atoms with Crippen molar-refractivity contribution in [3.63, 3.8) is 0 Å². The van der Waals surface area contributed by atoms with Crippen LogP contribution < -0.4 is 0 Å². The van der Waals surface area contributed by atoms with E-state index in [-0.39, 0.29) is 0 Å².